The molecular weight excluding hydrogens is 326 g/mol. The molecule has 0 heterocycles. The number of thiocarbonyl (C=S) groups is 1. The molecule has 2 aromatic carbocycles. The summed E-state index contributed by atoms with van der Waals surface area (Å²) in [5.74, 6) is 0. The Morgan fingerprint density at radius 1 is 0.880 bits per heavy atom. The number of hydrogen-bond acceptors (Lipinski definition) is 2. The van der Waals surface area contributed by atoms with Crippen LogP contribution in [0, 0.1) is 0 Å². The second-order valence-corrected chi connectivity index (χ2v) is 6.56. The summed E-state index contributed by atoms with van der Waals surface area (Å²) in [5, 5.41) is 4.04. The molecule has 0 atom stereocenters. The summed E-state index contributed by atoms with van der Waals surface area (Å²) in [6.45, 7) is 9.37. The van der Waals surface area contributed by atoms with Crippen molar-refractivity contribution in [2.45, 2.75) is 33.7 Å². The molecular formula is C21H29N3S. The number of aryl methyl sites for hydroxylation is 1. The number of nitrogens with one attached hydrogen (secondary N) is 1. The largest absolute Gasteiger partial charge is 0.372 e. The molecule has 4 heteroatoms. The van der Waals surface area contributed by atoms with E-state index in [0.717, 1.165) is 36.9 Å². The first kappa shape index (κ1) is 19.3. The third kappa shape index (κ3) is 5.46. The van der Waals surface area contributed by atoms with Crippen molar-refractivity contribution in [2.75, 3.05) is 30.4 Å². The molecule has 0 unspecified atom stereocenters. The van der Waals surface area contributed by atoms with Crippen LogP contribution >= 0.6 is 12.2 Å². The van der Waals surface area contributed by atoms with Crippen LogP contribution in [0.3, 0.4) is 0 Å². The molecule has 3 nitrogen and oxygen atoms in total. The van der Waals surface area contributed by atoms with Crippen molar-refractivity contribution < 1.29 is 0 Å². The van der Waals surface area contributed by atoms with Gasteiger partial charge in [-0.25, -0.2) is 0 Å². The molecule has 0 saturated carbocycles. The van der Waals surface area contributed by atoms with Gasteiger partial charge in [0, 0.05) is 38.1 Å². The van der Waals surface area contributed by atoms with Gasteiger partial charge in [-0.2, -0.15) is 0 Å². The highest BCUT2D eigenvalue weighted by Crippen LogP contribution is 2.16. The van der Waals surface area contributed by atoms with E-state index < -0.39 is 0 Å². The molecule has 0 aromatic heterocycles. The minimum atomic E-state index is 0.733. The van der Waals surface area contributed by atoms with Gasteiger partial charge in [-0.15, -0.1) is 0 Å². The highest BCUT2D eigenvalue weighted by molar-refractivity contribution is 7.80. The van der Waals surface area contributed by atoms with Crippen molar-refractivity contribution in [1.29, 1.82) is 0 Å². The van der Waals surface area contributed by atoms with Crippen molar-refractivity contribution in [1.82, 2.24) is 4.90 Å². The van der Waals surface area contributed by atoms with E-state index in [9.17, 15) is 0 Å². The summed E-state index contributed by atoms with van der Waals surface area (Å²) in [4.78, 5) is 4.41. The minimum Gasteiger partial charge on any atom is -0.372 e. The van der Waals surface area contributed by atoms with Crippen LogP contribution in [-0.2, 0) is 13.0 Å². The fourth-order valence-electron chi connectivity index (χ4n) is 2.79. The summed E-state index contributed by atoms with van der Waals surface area (Å²) in [5.41, 5.74) is 4.89. The molecule has 25 heavy (non-hydrogen) atoms. The molecule has 0 saturated heterocycles. The predicted octanol–water partition coefficient (Wildman–Crippen LogP) is 4.92. The average molecular weight is 356 g/mol. The Balaban J connectivity index is 1.93. The summed E-state index contributed by atoms with van der Waals surface area (Å²) in [7, 11) is 2.02. The third-order valence-corrected chi connectivity index (χ3v) is 4.86. The Morgan fingerprint density at radius 2 is 1.44 bits per heavy atom. The molecule has 134 valence electrons. The summed E-state index contributed by atoms with van der Waals surface area (Å²) < 4.78 is 0. The first-order chi connectivity index (χ1) is 12.1. The Hall–Kier alpha value is -2.07. The van der Waals surface area contributed by atoms with E-state index in [4.69, 9.17) is 12.2 Å². The van der Waals surface area contributed by atoms with Crippen LogP contribution in [0.4, 0.5) is 11.4 Å². The van der Waals surface area contributed by atoms with E-state index in [1.54, 1.807) is 0 Å². The molecule has 1 N–H and O–H groups in total. The highest BCUT2D eigenvalue weighted by Gasteiger charge is 2.07. The average Bonchev–Trinajstić information content (AvgIpc) is 2.64. The van der Waals surface area contributed by atoms with Crippen molar-refractivity contribution in [3.05, 3.63) is 59.7 Å². The Bertz CT molecular complexity index is 661. The predicted molar refractivity (Wildman–Crippen MR) is 114 cm³/mol. The van der Waals surface area contributed by atoms with Gasteiger partial charge in [-0.3, -0.25) is 0 Å². The summed E-state index contributed by atoms with van der Waals surface area (Å²) in [6.07, 6.45) is 1.05. The number of anilines is 2. The number of hydrogen-bond donors (Lipinski definition) is 1. The van der Waals surface area contributed by atoms with E-state index in [0.29, 0.717) is 0 Å². The maximum absolute atomic E-state index is 5.53. The lowest BCUT2D eigenvalue weighted by Crippen LogP contribution is -2.30. The molecule has 2 rings (SSSR count). The van der Waals surface area contributed by atoms with E-state index >= 15 is 0 Å². The zero-order valence-electron chi connectivity index (χ0n) is 15.7. The topological polar surface area (TPSA) is 18.5 Å². The van der Waals surface area contributed by atoms with E-state index in [-0.39, 0.29) is 0 Å². The monoisotopic (exact) mass is 355 g/mol. The molecule has 0 amide bonds. The highest BCUT2D eigenvalue weighted by atomic mass is 32.1. The van der Waals surface area contributed by atoms with Gasteiger partial charge < -0.3 is 15.1 Å². The van der Waals surface area contributed by atoms with Gasteiger partial charge in [0.1, 0.15) is 0 Å². The van der Waals surface area contributed by atoms with Crippen LogP contribution in [-0.4, -0.2) is 30.1 Å². The third-order valence-electron chi connectivity index (χ3n) is 4.44. The van der Waals surface area contributed by atoms with Crippen LogP contribution in [0.1, 0.15) is 31.9 Å². The number of benzene rings is 2. The molecule has 2 aromatic rings. The smallest absolute Gasteiger partial charge is 0.173 e. The summed E-state index contributed by atoms with van der Waals surface area (Å²) in [6, 6.07) is 17.2. The van der Waals surface area contributed by atoms with Crippen LogP contribution < -0.4 is 10.2 Å². The van der Waals surface area contributed by atoms with Gasteiger partial charge in [-0.05, 0) is 67.9 Å². The van der Waals surface area contributed by atoms with Gasteiger partial charge in [0.15, 0.2) is 5.11 Å². The first-order valence-electron chi connectivity index (χ1n) is 9.02. The minimum absolute atomic E-state index is 0.733. The fourth-order valence-corrected chi connectivity index (χ4v) is 2.97. The zero-order valence-corrected chi connectivity index (χ0v) is 16.6. The normalized spacial score (nSPS) is 10.4. The number of rotatable bonds is 7. The van der Waals surface area contributed by atoms with Gasteiger partial charge in [0.25, 0.3) is 0 Å². The quantitative estimate of drug-likeness (QED) is 0.710. The lowest BCUT2D eigenvalue weighted by atomic mass is 10.1. The molecule has 0 aliphatic heterocycles. The molecule has 0 radical (unpaired) electrons. The van der Waals surface area contributed by atoms with Crippen molar-refractivity contribution in [2.24, 2.45) is 0 Å². The maximum atomic E-state index is 5.53. The van der Waals surface area contributed by atoms with Gasteiger partial charge in [0.05, 0.1) is 0 Å². The van der Waals surface area contributed by atoms with Crippen LogP contribution in [0.2, 0.25) is 0 Å². The Kier molecular flexibility index (Phi) is 7.26. The SMILES string of the molecule is CCc1ccc(NC(=S)N(C)Cc2ccc(N(CC)CC)cc2)cc1. The standard InChI is InChI=1S/C21H29N3S/c1-5-17-8-12-19(13-9-17)22-21(25)23(4)16-18-10-14-20(15-11-18)24(6-2)7-3/h8-15H,5-7,16H2,1-4H3,(H,22,25). The van der Waals surface area contributed by atoms with Gasteiger partial charge in [-0.1, -0.05) is 31.2 Å². The lowest BCUT2D eigenvalue weighted by Gasteiger charge is -2.23. The molecule has 0 spiro atoms. The summed E-state index contributed by atoms with van der Waals surface area (Å²) >= 11 is 5.53. The van der Waals surface area contributed by atoms with E-state index in [2.05, 4.69) is 84.4 Å². The Morgan fingerprint density at radius 3 is 1.96 bits per heavy atom. The number of nitrogens with zero attached hydrogens (tertiary/aromatic N) is 2. The Labute approximate surface area is 157 Å². The first-order valence-corrected chi connectivity index (χ1v) is 9.43. The molecule has 0 bridgehead atoms. The maximum Gasteiger partial charge on any atom is 0.173 e. The second kappa shape index (κ2) is 9.42. The van der Waals surface area contributed by atoms with Gasteiger partial charge in [0.2, 0.25) is 0 Å². The fraction of sp³-hybridized carbons (Fsp3) is 0.381. The van der Waals surface area contributed by atoms with Crippen molar-refractivity contribution in [3.8, 4) is 0 Å². The van der Waals surface area contributed by atoms with Crippen LogP contribution in [0.5, 0.6) is 0 Å². The molecule has 0 fully saturated rings. The van der Waals surface area contributed by atoms with Crippen LogP contribution in [0.25, 0.3) is 0 Å². The van der Waals surface area contributed by atoms with Gasteiger partial charge >= 0.3 is 0 Å². The molecule has 0 aliphatic rings. The lowest BCUT2D eigenvalue weighted by molar-refractivity contribution is 0.508. The second-order valence-electron chi connectivity index (χ2n) is 6.18. The van der Waals surface area contributed by atoms with Crippen molar-refractivity contribution in [3.63, 3.8) is 0 Å². The van der Waals surface area contributed by atoms with Crippen molar-refractivity contribution >= 4 is 28.7 Å². The zero-order chi connectivity index (χ0) is 18.2. The van der Waals surface area contributed by atoms with E-state index in [1.165, 1.54) is 16.8 Å². The van der Waals surface area contributed by atoms with E-state index in [1.807, 2.05) is 7.05 Å². The molecule has 0 aliphatic carbocycles. The van der Waals surface area contributed by atoms with Crippen LogP contribution in [0.15, 0.2) is 48.5 Å².